The van der Waals surface area contributed by atoms with Crippen LogP contribution in [0.25, 0.3) is 0 Å². The Morgan fingerprint density at radius 1 is 0.552 bits per heavy atom. The van der Waals surface area contributed by atoms with Crippen LogP contribution in [0, 0.1) is 40.5 Å². The number of nitro groups is 4. The van der Waals surface area contributed by atoms with Gasteiger partial charge < -0.3 is 5.32 Å². The number of nitrogens with zero attached hydrogens (tertiary/aromatic N) is 4. The average molecular weight is 487 g/mol. The topological polar surface area (TPSA) is 185 Å². The van der Waals surface area contributed by atoms with E-state index in [4.69, 9.17) is 46.4 Å². The fourth-order valence-electron chi connectivity index (χ4n) is 2.27. The van der Waals surface area contributed by atoms with Crippen LogP contribution >= 0.6 is 46.4 Å². The van der Waals surface area contributed by atoms with Gasteiger partial charge in [-0.1, -0.05) is 46.4 Å². The first-order valence-corrected chi connectivity index (χ1v) is 8.28. The molecule has 13 nitrogen and oxygen atoms in total. The van der Waals surface area contributed by atoms with Gasteiger partial charge in [-0.25, -0.2) is 0 Å². The summed E-state index contributed by atoms with van der Waals surface area (Å²) in [5, 5.41) is 44.8. The van der Waals surface area contributed by atoms with Crippen molar-refractivity contribution >= 4 is 80.5 Å². The zero-order valence-electron chi connectivity index (χ0n) is 13.2. The number of rotatable bonds is 6. The number of nitro benzene ring substituents is 4. The molecule has 29 heavy (non-hydrogen) atoms. The lowest BCUT2D eigenvalue weighted by molar-refractivity contribution is -0.393. The van der Waals surface area contributed by atoms with E-state index < -0.39 is 73.9 Å². The van der Waals surface area contributed by atoms with Gasteiger partial charge in [0.15, 0.2) is 11.4 Å². The molecule has 0 aliphatic heterocycles. The minimum absolute atomic E-state index is 0.675. The first-order chi connectivity index (χ1) is 13.4. The average Bonchev–Trinajstić information content (AvgIpc) is 2.51. The minimum Gasteiger partial charge on any atom is -0.333 e. The molecular formula is C12H3Cl4N5O8. The van der Waals surface area contributed by atoms with Crippen molar-refractivity contribution in [2.75, 3.05) is 5.32 Å². The normalized spacial score (nSPS) is 10.5. The van der Waals surface area contributed by atoms with E-state index in [0.717, 1.165) is 0 Å². The van der Waals surface area contributed by atoms with E-state index in [9.17, 15) is 40.5 Å². The van der Waals surface area contributed by atoms with Gasteiger partial charge in [0.25, 0.3) is 0 Å². The highest BCUT2D eigenvalue weighted by molar-refractivity contribution is 6.39. The molecule has 2 aromatic rings. The number of nitrogens with one attached hydrogen (secondary N) is 1. The highest BCUT2D eigenvalue weighted by Crippen LogP contribution is 2.51. The van der Waals surface area contributed by atoms with Crippen LogP contribution in [0.4, 0.5) is 34.1 Å². The third kappa shape index (κ3) is 4.07. The minimum atomic E-state index is -1.14. The van der Waals surface area contributed by atoms with Crippen LogP contribution in [-0.4, -0.2) is 19.7 Å². The Labute approximate surface area is 178 Å². The van der Waals surface area contributed by atoms with E-state index in [0.29, 0.717) is 12.1 Å². The van der Waals surface area contributed by atoms with Crippen LogP contribution in [-0.2, 0) is 0 Å². The van der Waals surface area contributed by atoms with Gasteiger partial charge in [-0.3, -0.25) is 40.5 Å². The van der Waals surface area contributed by atoms with E-state index in [1.54, 1.807) is 0 Å². The molecule has 0 aliphatic carbocycles. The lowest BCUT2D eigenvalue weighted by atomic mass is 10.1. The smallest absolute Gasteiger partial charge is 0.318 e. The largest absolute Gasteiger partial charge is 0.333 e. The number of anilines is 2. The summed E-state index contributed by atoms with van der Waals surface area (Å²) in [6.45, 7) is 0. The van der Waals surface area contributed by atoms with Crippen LogP contribution in [0.1, 0.15) is 0 Å². The van der Waals surface area contributed by atoms with E-state index in [-0.39, 0.29) is 0 Å². The Balaban J connectivity index is 3.02. The summed E-state index contributed by atoms with van der Waals surface area (Å²) in [4.78, 5) is 41.0. The highest BCUT2D eigenvalue weighted by atomic mass is 35.5. The second kappa shape index (κ2) is 8.16. The molecule has 0 heterocycles. The maximum absolute atomic E-state index is 11.4. The Hall–Kier alpha value is -3.00. The van der Waals surface area contributed by atoms with Gasteiger partial charge in [0.05, 0.1) is 19.7 Å². The predicted octanol–water partition coefficient (Wildman–Crippen LogP) is 5.68. The predicted molar refractivity (Wildman–Crippen MR) is 103 cm³/mol. The molecule has 0 amide bonds. The van der Waals surface area contributed by atoms with Gasteiger partial charge in [-0.05, 0) is 12.1 Å². The Kier molecular flexibility index (Phi) is 6.27. The number of benzene rings is 2. The first-order valence-electron chi connectivity index (χ1n) is 6.77. The van der Waals surface area contributed by atoms with Crippen molar-refractivity contribution in [3.05, 3.63) is 72.7 Å². The van der Waals surface area contributed by atoms with Gasteiger partial charge in [0, 0.05) is 0 Å². The van der Waals surface area contributed by atoms with Crippen molar-refractivity contribution in [3.63, 3.8) is 0 Å². The second-order valence-electron chi connectivity index (χ2n) is 4.98. The zero-order valence-corrected chi connectivity index (χ0v) is 16.2. The molecule has 152 valence electrons. The molecule has 17 heteroatoms. The molecule has 0 aromatic heterocycles. The molecule has 0 bridgehead atoms. The molecule has 0 fully saturated rings. The van der Waals surface area contributed by atoms with Crippen molar-refractivity contribution in [2.24, 2.45) is 0 Å². The first kappa shape index (κ1) is 22.3. The summed E-state index contributed by atoms with van der Waals surface area (Å²) in [5.41, 5.74) is -6.51. The lowest BCUT2D eigenvalue weighted by Crippen LogP contribution is -2.07. The second-order valence-corrected chi connectivity index (χ2v) is 6.61. The third-order valence-electron chi connectivity index (χ3n) is 3.34. The molecule has 1 N–H and O–H groups in total. The van der Waals surface area contributed by atoms with Crippen LogP contribution in [0.2, 0.25) is 20.1 Å². The van der Waals surface area contributed by atoms with Crippen LogP contribution in [0.5, 0.6) is 0 Å². The quantitative estimate of drug-likeness (QED) is 0.396. The number of hydrogen-bond donors (Lipinski definition) is 1. The molecule has 2 rings (SSSR count). The molecule has 0 unspecified atom stereocenters. The fraction of sp³-hybridized carbons (Fsp3) is 0. The SMILES string of the molecule is O=[N+]([O-])c1c(Cl)cc(Cl)c([N+](=O)[O-])c1Nc1c([N+](=O)[O-])c(Cl)cc(Cl)c1[N+](=O)[O-]. The van der Waals surface area contributed by atoms with Gasteiger partial charge in [-0.2, -0.15) is 0 Å². The van der Waals surface area contributed by atoms with Crippen LogP contribution in [0.3, 0.4) is 0 Å². The lowest BCUT2D eigenvalue weighted by Gasteiger charge is -2.12. The van der Waals surface area contributed by atoms with Crippen molar-refractivity contribution in [1.29, 1.82) is 0 Å². The van der Waals surface area contributed by atoms with Gasteiger partial charge in [0.1, 0.15) is 20.1 Å². The monoisotopic (exact) mass is 485 g/mol. The van der Waals surface area contributed by atoms with Gasteiger partial charge >= 0.3 is 22.7 Å². The summed E-state index contributed by atoms with van der Waals surface area (Å²) in [6.07, 6.45) is 0. The van der Waals surface area contributed by atoms with Crippen molar-refractivity contribution < 1.29 is 19.7 Å². The summed E-state index contributed by atoms with van der Waals surface area (Å²) in [5.74, 6) is 0. The van der Waals surface area contributed by atoms with Crippen LogP contribution < -0.4 is 5.32 Å². The maximum Gasteiger partial charge on any atom is 0.318 e. The molecule has 0 spiro atoms. The molecule has 0 aliphatic rings. The molecule has 0 saturated heterocycles. The Morgan fingerprint density at radius 3 is 0.931 bits per heavy atom. The maximum atomic E-state index is 11.4. The van der Waals surface area contributed by atoms with E-state index >= 15 is 0 Å². The van der Waals surface area contributed by atoms with E-state index in [2.05, 4.69) is 0 Å². The standard InChI is InChI=1S/C12H3Cl4N5O8/c13-3-1-4(14)10(19(24)25)7(9(3)18(22)23)17-8-11(20(26)27)5(15)2-6(16)12(8)21(28)29/h1-2,17H. The Bertz CT molecular complexity index is 947. The summed E-state index contributed by atoms with van der Waals surface area (Å²) in [7, 11) is 0. The molecule has 2 aromatic carbocycles. The molecular weight excluding hydrogens is 484 g/mol. The molecule has 0 atom stereocenters. The van der Waals surface area contributed by atoms with E-state index in [1.807, 2.05) is 5.32 Å². The highest BCUT2D eigenvalue weighted by Gasteiger charge is 2.38. The molecule has 0 radical (unpaired) electrons. The van der Waals surface area contributed by atoms with E-state index in [1.165, 1.54) is 0 Å². The van der Waals surface area contributed by atoms with Crippen molar-refractivity contribution in [1.82, 2.24) is 0 Å². The zero-order chi connectivity index (χ0) is 22.2. The van der Waals surface area contributed by atoms with Gasteiger partial charge in [-0.15, -0.1) is 0 Å². The number of halogens is 4. The summed E-state index contributed by atoms with van der Waals surface area (Å²) >= 11 is 22.9. The summed E-state index contributed by atoms with van der Waals surface area (Å²) in [6, 6.07) is 1.41. The Morgan fingerprint density at radius 2 is 0.759 bits per heavy atom. The number of hydrogen-bond acceptors (Lipinski definition) is 9. The third-order valence-corrected chi connectivity index (χ3v) is 4.49. The van der Waals surface area contributed by atoms with Crippen molar-refractivity contribution in [3.8, 4) is 0 Å². The fourth-order valence-corrected chi connectivity index (χ4v) is 3.48. The van der Waals surface area contributed by atoms with Crippen molar-refractivity contribution in [2.45, 2.75) is 0 Å². The summed E-state index contributed by atoms with van der Waals surface area (Å²) < 4.78 is 0. The van der Waals surface area contributed by atoms with Gasteiger partial charge in [0.2, 0.25) is 0 Å². The molecule has 0 saturated carbocycles. The van der Waals surface area contributed by atoms with Crippen LogP contribution in [0.15, 0.2) is 12.1 Å².